The molecule has 0 aliphatic carbocycles. The number of carbonyl (C=O) groups is 2. The number of thioether (sulfide) groups is 2. The van der Waals surface area contributed by atoms with E-state index in [1.54, 1.807) is 6.92 Å². The van der Waals surface area contributed by atoms with Crippen LogP contribution in [0.5, 0.6) is 0 Å². The number of aliphatic imine (C=N–C) groups is 1. The molecule has 7 nitrogen and oxygen atoms in total. The summed E-state index contributed by atoms with van der Waals surface area (Å²) in [6.45, 7) is 2.03. The van der Waals surface area contributed by atoms with Crippen molar-refractivity contribution in [1.29, 1.82) is 0 Å². The van der Waals surface area contributed by atoms with Gasteiger partial charge in [0.1, 0.15) is 5.37 Å². The molecular weight excluding hydrogens is 302 g/mol. The fraction of sp³-hybridized carbons (Fsp3) is 0.545. The molecule has 0 aromatic carbocycles. The normalized spacial score (nSPS) is 26.9. The van der Waals surface area contributed by atoms with Crippen molar-refractivity contribution in [3.8, 4) is 0 Å². The zero-order chi connectivity index (χ0) is 14.9. The van der Waals surface area contributed by atoms with Gasteiger partial charge in [0.05, 0.1) is 29.1 Å². The first-order valence-electron chi connectivity index (χ1n) is 5.97. The lowest BCUT2D eigenvalue weighted by atomic mass is 9.92. The van der Waals surface area contributed by atoms with E-state index in [9.17, 15) is 19.8 Å². The van der Waals surface area contributed by atoms with Crippen molar-refractivity contribution in [1.82, 2.24) is 4.90 Å². The van der Waals surface area contributed by atoms with Crippen LogP contribution >= 0.6 is 23.5 Å². The summed E-state index contributed by atoms with van der Waals surface area (Å²) in [6, 6.07) is 0. The number of nitrogens with zero attached hydrogens (tertiary/aromatic N) is 2. The minimum Gasteiger partial charge on any atom is -0.477 e. The Morgan fingerprint density at radius 2 is 2.40 bits per heavy atom. The van der Waals surface area contributed by atoms with E-state index >= 15 is 0 Å². The largest absolute Gasteiger partial charge is 0.477 e. The molecule has 1 saturated heterocycles. The van der Waals surface area contributed by atoms with Gasteiger partial charge in [-0.05, 0) is 6.92 Å². The number of nitrogens with two attached hydrogens (primary N) is 1. The Hall–Kier alpha value is -1.19. The van der Waals surface area contributed by atoms with Crippen molar-refractivity contribution in [2.24, 2.45) is 16.6 Å². The number of β-lactam (4-membered cyclic amide) rings is 1. The summed E-state index contributed by atoms with van der Waals surface area (Å²) in [5, 5.41) is 18.5. The summed E-state index contributed by atoms with van der Waals surface area (Å²) in [6.07, 6.45) is 0.423. The van der Waals surface area contributed by atoms with Crippen LogP contribution in [0.25, 0.3) is 0 Å². The molecule has 0 radical (unpaired) electrons. The topological polar surface area (TPSA) is 116 Å². The van der Waals surface area contributed by atoms with Gasteiger partial charge in [-0.1, -0.05) is 11.8 Å². The van der Waals surface area contributed by atoms with Gasteiger partial charge in [0, 0.05) is 5.75 Å². The number of carbonyl (C=O) groups excluding carboxylic acids is 1. The maximum atomic E-state index is 11.9. The zero-order valence-corrected chi connectivity index (χ0v) is 12.4. The van der Waals surface area contributed by atoms with E-state index < -0.39 is 18.0 Å². The van der Waals surface area contributed by atoms with E-state index in [-0.39, 0.29) is 17.0 Å². The van der Waals surface area contributed by atoms with Gasteiger partial charge < -0.3 is 15.9 Å². The zero-order valence-electron chi connectivity index (χ0n) is 10.7. The predicted molar refractivity (Wildman–Crippen MR) is 78.1 cm³/mol. The molecule has 2 rings (SSSR count). The number of hydrogen-bond donors (Lipinski definition) is 3. The van der Waals surface area contributed by atoms with Gasteiger partial charge in [0.25, 0.3) is 0 Å². The van der Waals surface area contributed by atoms with Crippen LogP contribution in [0.3, 0.4) is 0 Å². The summed E-state index contributed by atoms with van der Waals surface area (Å²) in [7, 11) is 0. The van der Waals surface area contributed by atoms with E-state index in [1.165, 1.54) is 34.8 Å². The fourth-order valence-electron chi connectivity index (χ4n) is 2.12. The van der Waals surface area contributed by atoms with Crippen molar-refractivity contribution in [3.05, 3.63) is 9.93 Å². The van der Waals surface area contributed by atoms with Crippen molar-refractivity contribution >= 4 is 41.7 Å². The lowest BCUT2D eigenvalue weighted by Crippen LogP contribution is -2.60. The summed E-state index contributed by atoms with van der Waals surface area (Å²) in [5.74, 6) is -1.40. The van der Waals surface area contributed by atoms with E-state index in [1.807, 2.05) is 0 Å². The van der Waals surface area contributed by atoms with Gasteiger partial charge in [-0.3, -0.25) is 14.7 Å². The number of carboxylic acid groups (broad SMARTS) is 1. The highest BCUT2D eigenvalue weighted by Crippen LogP contribution is 2.53. The Bertz CT molecular complexity index is 492. The standard InChI is InChI=1S/C11H15N3O4S2/c1-5(15)6-8(16)14-7(10(17)18)11(20-9(6)14)19-3-2-13-4-12/h4-6,9,15H,2-3H2,1H3,(H2,12,13)(H,17,18)/t5-,6+,9-/m1/s1. The Morgan fingerprint density at radius 3 is 2.95 bits per heavy atom. The average Bonchev–Trinajstić information content (AvgIpc) is 2.69. The van der Waals surface area contributed by atoms with Gasteiger partial charge in [-0.15, -0.1) is 11.8 Å². The summed E-state index contributed by atoms with van der Waals surface area (Å²) in [4.78, 5) is 28.4. The number of hydrogen-bond acceptors (Lipinski definition) is 6. The quantitative estimate of drug-likeness (QED) is 0.270. The molecule has 0 unspecified atom stereocenters. The van der Waals surface area contributed by atoms with Crippen LogP contribution in [0.15, 0.2) is 14.9 Å². The molecule has 0 bridgehead atoms. The van der Waals surface area contributed by atoms with Crippen molar-refractivity contribution in [3.63, 3.8) is 0 Å². The number of rotatable bonds is 6. The molecule has 0 aromatic rings. The van der Waals surface area contributed by atoms with E-state index in [0.29, 0.717) is 16.5 Å². The third kappa shape index (κ3) is 2.52. The highest BCUT2D eigenvalue weighted by molar-refractivity contribution is 8.22. The number of aliphatic hydroxyl groups excluding tert-OH is 1. The van der Waals surface area contributed by atoms with Crippen molar-refractivity contribution in [2.45, 2.75) is 18.4 Å². The first-order valence-corrected chi connectivity index (χ1v) is 7.83. The Labute approximate surface area is 124 Å². The van der Waals surface area contributed by atoms with Crippen LogP contribution in [-0.2, 0) is 9.59 Å². The van der Waals surface area contributed by atoms with Crippen LogP contribution in [0.4, 0.5) is 0 Å². The Morgan fingerprint density at radius 1 is 1.70 bits per heavy atom. The number of aliphatic carboxylic acids is 1. The average molecular weight is 317 g/mol. The minimum absolute atomic E-state index is 0.0172. The Kier molecular flexibility index (Phi) is 4.61. The summed E-state index contributed by atoms with van der Waals surface area (Å²) >= 11 is 2.66. The smallest absolute Gasteiger partial charge is 0.354 e. The highest BCUT2D eigenvalue weighted by Gasteiger charge is 2.57. The van der Waals surface area contributed by atoms with Crippen molar-refractivity contribution < 1.29 is 19.8 Å². The van der Waals surface area contributed by atoms with Crippen LogP contribution < -0.4 is 5.73 Å². The molecule has 110 valence electrons. The van der Waals surface area contributed by atoms with E-state index in [0.717, 1.165) is 0 Å². The molecule has 2 aliphatic rings. The van der Waals surface area contributed by atoms with E-state index in [4.69, 9.17) is 5.73 Å². The number of carboxylic acids is 1. The molecule has 9 heteroatoms. The molecule has 4 N–H and O–H groups in total. The minimum atomic E-state index is -1.12. The van der Waals surface area contributed by atoms with Crippen molar-refractivity contribution in [2.75, 3.05) is 12.3 Å². The predicted octanol–water partition coefficient (Wildman–Crippen LogP) is -0.128. The maximum Gasteiger partial charge on any atom is 0.354 e. The SMILES string of the molecule is C[C@@H](O)[C@H]1C(=O)N2C(C(=O)O)=C(SCCN=CN)S[C@H]12. The third-order valence-electron chi connectivity index (χ3n) is 3.03. The molecular formula is C11H15N3O4S2. The third-order valence-corrected chi connectivity index (χ3v) is 5.66. The summed E-state index contributed by atoms with van der Waals surface area (Å²) in [5.41, 5.74) is 5.15. The molecule has 0 aromatic heterocycles. The summed E-state index contributed by atoms with van der Waals surface area (Å²) < 4.78 is 0.589. The lowest BCUT2D eigenvalue weighted by Gasteiger charge is -2.43. The van der Waals surface area contributed by atoms with Gasteiger partial charge in [-0.2, -0.15) is 0 Å². The first-order chi connectivity index (χ1) is 9.49. The second-order valence-electron chi connectivity index (χ2n) is 4.33. The fourth-order valence-corrected chi connectivity index (χ4v) is 4.96. The molecule has 0 saturated carbocycles. The highest BCUT2D eigenvalue weighted by atomic mass is 32.2. The van der Waals surface area contributed by atoms with Crippen LogP contribution in [-0.4, -0.2) is 57.1 Å². The van der Waals surface area contributed by atoms with Gasteiger partial charge in [-0.25, -0.2) is 4.79 Å². The van der Waals surface area contributed by atoms with Crippen LogP contribution in [0.1, 0.15) is 6.92 Å². The molecule has 1 amide bonds. The second kappa shape index (κ2) is 6.06. The Balaban J connectivity index is 2.11. The molecule has 0 spiro atoms. The molecule has 2 aliphatic heterocycles. The van der Waals surface area contributed by atoms with Gasteiger partial charge in [0.2, 0.25) is 5.91 Å². The van der Waals surface area contributed by atoms with Gasteiger partial charge in [0.15, 0.2) is 5.70 Å². The number of aliphatic hydroxyl groups is 1. The molecule has 1 fully saturated rings. The molecule has 3 atom stereocenters. The first kappa shape index (κ1) is 15.2. The molecule has 20 heavy (non-hydrogen) atoms. The monoisotopic (exact) mass is 317 g/mol. The van der Waals surface area contributed by atoms with Gasteiger partial charge >= 0.3 is 5.97 Å². The lowest BCUT2D eigenvalue weighted by molar-refractivity contribution is -0.156. The van der Waals surface area contributed by atoms with Crippen LogP contribution in [0, 0.1) is 5.92 Å². The maximum absolute atomic E-state index is 11.9. The van der Waals surface area contributed by atoms with E-state index in [2.05, 4.69) is 4.99 Å². The second-order valence-corrected chi connectivity index (χ2v) is 6.82. The molecule has 2 heterocycles. The number of amides is 1. The number of fused-ring (bicyclic) bond motifs is 1. The van der Waals surface area contributed by atoms with Crippen LogP contribution in [0.2, 0.25) is 0 Å².